The summed E-state index contributed by atoms with van der Waals surface area (Å²) in [5.41, 5.74) is 2.03. The summed E-state index contributed by atoms with van der Waals surface area (Å²) in [6.07, 6.45) is 0. The predicted octanol–water partition coefficient (Wildman–Crippen LogP) is 5.00. The van der Waals surface area contributed by atoms with Gasteiger partial charge in [0.25, 0.3) is 0 Å². The SMILES string of the molecule is CCOc1cc(CNCCN(CC)CC)c(Br)cc1OCc1ccc(F)cc1. The van der Waals surface area contributed by atoms with Gasteiger partial charge in [0.15, 0.2) is 11.5 Å². The summed E-state index contributed by atoms with van der Waals surface area (Å²) in [7, 11) is 0. The number of hydrogen-bond donors (Lipinski definition) is 1. The van der Waals surface area contributed by atoms with E-state index in [4.69, 9.17) is 9.47 Å². The van der Waals surface area contributed by atoms with E-state index in [2.05, 4.69) is 40.0 Å². The van der Waals surface area contributed by atoms with Crippen molar-refractivity contribution in [3.8, 4) is 11.5 Å². The average Bonchev–Trinajstić information content (AvgIpc) is 2.70. The summed E-state index contributed by atoms with van der Waals surface area (Å²) < 4.78 is 25.7. The first-order valence-electron chi connectivity index (χ1n) is 9.82. The maximum atomic E-state index is 13.0. The zero-order valence-electron chi connectivity index (χ0n) is 16.9. The predicted molar refractivity (Wildman–Crippen MR) is 116 cm³/mol. The van der Waals surface area contributed by atoms with Crippen molar-refractivity contribution < 1.29 is 13.9 Å². The molecule has 2 aromatic rings. The number of nitrogens with zero attached hydrogens (tertiary/aromatic N) is 1. The zero-order valence-corrected chi connectivity index (χ0v) is 18.5. The first kappa shape index (κ1) is 22.7. The van der Waals surface area contributed by atoms with Crippen molar-refractivity contribution in [3.05, 3.63) is 57.8 Å². The van der Waals surface area contributed by atoms with Gasteiger partial charge in [0, 0.05) is 24.1 Å². The Morgan fingerprint density at radius 3 is 2.32 bits per heavy atom. The molecular formula is C22H30BrFN2O2. The van der Waals surface area contributed by atoms with E-state index < -0.39 is 0 Å². The van der Waals surface area contributed by atoms with Gasteiger partial charge in [0.05, 0.1) is 6.61 Å². The van der Waals surface area contributed by atoms with E-state index in [1.165, 1.54) is 12.1 Å². The largest absolute Gasteiger partial charge is 0.490 e. The Bertz CT molecular complexity index is 721. The Kier molecular flexibility index (Phi) is 9.75. The number of hydrogen-bond acceptors (Lipinski definition) is 4. The fourth-order valence-corrected chi connectivity index (χ4v) is 3.30. The Labute approximate surface area is 176 Å². The molecule has 2 aromatic carbocycles. The van der Waals surface area contributed by atoms with Gasteiger partial charge in [0.1, 0.15) is 12.4 Å². The minimum atomic E-state index is -0.251. The molecule has 1 N–H and O–H groups in total. The molecule has 0 saturated heterocycles. The fourth-order valence-electron chi connectivity index (χ4n) is 2.84. The molecule has 0 heterocycles. The van der Waals surface area contributed by atoms with Crippen LogP contribution in [0.1, 0.15) is 31.9 Å². The van der Waals surface area contributed by atoms with Crippen molar-refractivity contribution in [2.75, 3.05) is 32.8 Å². The Hall–Kier alpha value is -1.63. The second-order valence-electron chi connectivity index (χ2n) is 6.44. The lowest BCUT2D eigenvalue weighted by Crippen LogP contribution is -2.31. The number of nitrogens with one attached hydrogen (secondary N) is 1. The lowest BCUT2D eigenvalue weighted by atomic mass is 10.2. The summed E-state index contributed by atoms with van der Waals surface area (Å²) in [4.78, 5) is 2.39. The highest BCUT2D eigenvalue weighted by molar-refractivity contribution is 9.10. The van der Waals surface area contributed by atoms with Gasteiger partial charge in [0.2, 0.25) is 0 Å². The number of halogens is 2. The molecule has 0 bridgehead atoms. The van der Waals surface area contributed by atoms with Gasteiger partial charge in [-0.15, -0.1) is 0 Å². The van der Waals surface area contributed by atoms with Gasteiger partial charge >= 0.3 is 0 Å². The maximum Gasteiger partial charge on any atom is 0.162 e. The van der Waals surface area contributed by atoms with Crippen LogP contribution in [0.2, 0.25) is 0 Å². The number of likely N-dealkylation sites (N-methyl/N-ethyl adjacent to an activating group) is 1. The molecule has 2 rings (SSSR count). The van der Waals surface area contributed by atoms with Gasteiger partial charge < -0.3 is 19.7 Å². The molecule has 4 nitrogen and oxygen atoms in total. The van der Waals surface area contributed by atoms with Crippen LogP contribution in [0.15, 0.2) is 40.9 Å². The van der Waals surface area contributed by atoms with Crippen LogP contribution in [0, 0.1) is 5.82 Å². The molecular weight excluding hydrogens is 423 g/mol. The molecule has 0 spiro atoms. The third-order valence-corrected chi connectivity index (χ3v) is 5.27. The van der Waals surface area contributed by atoms with Crippen LogP contribution >= 0.6 is 15.9 Å². The maximum absolute atomic E-state index is 13.0. The van der Waals surface area contributed by atoms with Gasteiger partial charge in [-0.3, -0.25) is 0 Å². The molecule has 0 aliphatic heterocycles. The summed E-state index contributed by atoms with van der Waals surface area (Å²) >= 11 is 3.64. The van der Waals surface area contributed by atoms with Crippen molar-refractivity contribution >= 4 is 15.9 Å². The number of benzene rings is 2. The van der Waals surface area contributed by atoms with E-state index in [9.17, 15) is 4.39 Å². The van der Waals surface area contributed by atoms with Crippen LogP contribution in [0.25, 0.3) is 0 Å². The summed E-state index contributed by atoms with van der Waals surface area (Å²) in [6, 6.07) is 10.3. The van der Waals surface area contributed by atoms with Crippen LogP contribution in [0.5, 0.6) is 11.5 Å². The molecule has 6 heteroatoms. The van der Waals surface area contributed by atoms with E-state index in [1.807, 2.05) is 19.1 Å². The number of ether oxygens (including phenoxy) is 2. The highest BCUT2D eigenvalue weighted by atomic mass is 79.9. The third kappa shape index (κ3) is 7.08. The van der Waals surface area contributed by atoms with Gasteiger partial charge in [-0.25, -0.2) is 4.39 Å². The van der Waals surface area contributed by atoms with E-state index in [0.29, 0.717) is 24.7 Å². The number of rotatable bonds is 12. The van der Waals surface area contributed by atoms with Crippen LogP contribution in [0.3, 0.4) is 0 Å². The van der Waals surface area contributed by atoms with Gasteiger partial charge in [-0.2, -0.15) is 0 Å². The van der Waals surface area contributed by atoms with E-state index in [1.54, 1.807) is 12.1 Å². The van der Waals surface area contributed by atoms with Crippen molar-refractivity contribution in [1.82, 2.24) is 10.2 Å². The molecule has 0 radical (unpaired) electrons. The monoisotopic (exact) mass is 452 g/mol. The molecule has 0 unspecified atom stereocenters. The van der Waals surface area contributed by atoms with Crippen molar-refractivity contribution in [2.45, 2.75) is 33.9 Å². The van der Waals surface area contributed by atoms with Crippen molar-refractivity contribution in [2.24, 2.45) is 0 Å². The molecule has 0 amide bonds. The molecule has 0 saturated carbocycles. The van der Waals surface area contributed by atoms with Crippen LogP contribution in [-0.4, -0.2) is 37.7 Å². The van der Waals surface area contributed by atoms with Crippen molar-refractivity contribution in [3.63, 3.8) is 0 Å². The zero-order chi connectivity index (χ0) is 20.4. The third-order valence-electron chi connectivity index (χ3n) is 4.53. The van der Waals surface area contributed by atoms with Crippen LogP contribution < -0.4 is 14.8 Å². The standard InChI is InChI=1S/C22H30BrFN2O2/c1-4-26(5-2)12-11-25-15-18-13-21(27-6-3)22(14-20(18)23)28-16-17-7-9-19(24)10-8-17/h7-10,13-14,25H,4-6,11-12,15-16H2,1-3H3. The highest BCUT2D eigenvalue weighted by Gasteiger charge is 2.11. The normalized spacial score (nSPS) is 11.1. The minimum absolute atomic E-state index is 0.251. The van der Waals surface area contributed by atoms with Crippen LogP contribution in [-0.2, 0) is 13.2 Å². The second-order valence-corrected chi connectivity index (χ2v) is 7.30. The average molecular weight is 453 g/mol. The van der Waals surface area contributed by atoms with E-state index in [0.717, 1.165) is 48.3 Å². The Balaban J connectivity index is 2.00. The first-order valence-corrected chi connectivity index (χ1v) is 10.6. The molecule has 0 fully saturated rings. The Morgan fingerprint density at radius 1 is 1.00 bits per heavy atom. The first-order chi connectivity index (χ1) is 13.6. The molecule has 28 heavy (non-hydrogen) atoms. The van der Waals surface area contributed by atoms with E-state index >= 15 is 0 Å². The van der Waals surface area contributed by atoms with Crippen LogP contribution in [0.4, 0.5) is 4.39 Å². The summed E-state index contributed by atoms with van der Waals surface area (Å²) in [5.74, 6) is 1.14. The van der Waals surface area contributed by atoms with Crippen molar-refractivity contribution in [1.29, 1.82) is 0 Å². The summed E-state index contributed by atoms with van der Waals surface area (Å²) in [5, 5.41) is 3.49. The molecule has 0 aliphatic carbocycles. The molecule has 154 valence electrons. The second kappa shape index (κ2) is 12.0. The molecule has 0 atom stereocenters. The Morgan fingerprint density at radius 2 is 1.68 bits per heavy atom. The van der Waals surface area contributed by atoms with Gasteiger partial charge in [-0.05, 0) is 55.4 Å². The minimum Gasteiger partial charge on any atom is -0.490 e. The quantitative estimate of drug-likeness (QED) is 0.459. The molecule has 0 aromatic heterocycles. The molecule has 0 aliphatic rings. The fraction of sp³-hybridized carbons (Fsp3) is 0.455. The van der Waals surface area contributed by atoms with Gasteiger partial charge in [-0.1, -0.05) is 41.9 Å². The highest BCUT2D eigenvalue weighted by Crippen LogP contribution is 2.34. The summed E-state index contributed by atoms with van der Waals surface area (Å²) in [6.45, 7) is 12.1. The lowest BCUT2D eigenvalue weighted by Gasteiger charge is -2.19. The lowest BCUT2D eigenvalue weighted by molar-refractivity contribution is 0.268. The van der Waals surface area contributed by atoms with E-state index in [-0.39, 0.29) is 5.82 Å². The topological polar surface area (TPSA) is 33.7 Å². The smallest absolute Gasteiger partial charge is 0.162 e.